The van der Waals surface area contributed by atoms with Crippen LogP contribution >= 0.6 is 11.3 Å². The van der Waals surface area contributed by atoms with Crippen molar-refractivity contribution in [3.8, 4) is 0 Å². The third-order valence-corrected chi connectivity index (χ3v) is 4.04. The summed E-state index contributed by atoms with van der Waals surface area (Å²) in [6.45, 7) is 0. The topological polar surface area (TPSA) is 37.3 Å². The molecule has 1 aromatic heterocycles. The summed E-state index contributed by atoms with van der Waals surface area (Å²) in [7, 11) is 0. The lowest BCUT2D eigenvalue weighted by Gasteiger charge is -2.35. The summed E-state index contributed by atoms with van der Waals surface area (Å²) in [6.07, 6.45) is -5.73. The molecule has 0 bridgehead atoms. The number of benzene rings is 1. The highest BCUT2D eigenvalue weighted by Crippen LogP contribution is 2.51. The van der Waals surface area contributed by atoms with Gasteiger partial charge in [0.2, 0.25) is 5.78 Å². The number of aliphatic hydroxyl groups is 1. The summed E-state index contributed by atoms with van der Waals surface area (Å²) >= 11 is 0.294. The third kappa shape index (κ3) is 2.42. The molecule has 0 aliphatic heterocycles. The second-order valence-electron chi connectivity index (χ2n) is 4.46. The number of halogens is 5. The molecule has 0 radical (unpaired) electrons. The number of rotatable bonds is 4. The van der Waals surface area contributed by atoms with Gasteiger partial charge in [-0.05, 0) is 11.4 Å². The molecule has 1 atom stereocenters. The van der Waals surface area contributed by atoms with Gasteiger partial charge in [0, 0.05) is 5.56 Å². The minimum absolute atomic E-state index is 0.294. The normalized spacial score (nSPS) is 15.4. The van der Waals surface area contributed by atoms with Crippen LogP contribution in [0.4, 0.5) is 22.0 Å². The monoisotopic (exact) mass is 336 g/mol. The van der Waals surface area contributed by atoms with Crippen molar-refractivity contribution >= 4 is 17.1 Å². The largest absolute Gasteiger partial charge is 0.428 e. The van der Waals surface area contributed by atoms with E-state index < -0.39 is 33.9 Å². The van der Waals surface area contributed by atoms with Crippen LogP contribution in [0.5, 0.6) is 0 Å². The van der Waals surface area contributed by atoms with Gasteiger partial charge in [-0.1, -0.05) is 36.4 Å². The fourth-order valence-electron chi connectivity index (χ4n) is 1.89. The Kier molecular flexibility index (Phi) is 4.09. The Labute approximate surface area is 125 Å². The van der Waals surface area contributed by atoms with Gasteiger partial charge in [0.05, 0.1) is 4.88 Å². The zero-order valence-electron chi connectivity index (χ0n) is 10.8. The third-order valence-electron chi connectivity index (χ3n) is 3.06. The molecule has 22 heavy (non-hydrogen) atoms. The van der Waals surface area contributed by atoms with Gasteiger partial charge in [-0.3, -0.25) is 4.79 Å². The standard InChI is InChI=1S/C14H9F5O2S/c15-13(16,11(20)9-5-2-1-3-6-9)12(21,14(17,18)19)10-7-4-8-22-10/h1-8,21H. The van der Waals surface area contributed by atoms with Crippen LogP contribution in [0.3, 0.4) is 0 Å². The highest BCUT2D eigenvalue weighted by atomic mass is 32.1. The minimum atomic E-state index is -5.73. The number of hydrogen-bond acceptors (Lipinski definition) is 3. The molecule has 2 aromatic rings. The average Bonchev–Trinajstić information content (AvgIpc) is 2.99. The minimum Gasteiger partial charge on any atom is -0.371 e. The summed E-state index contributed by atoms with van der Waals surface area (Å²) in [6, 6.07) is 7.61. The van der Waals surface area contributed by atoms with E-state index in [2.05, 4.69) is 0 Å². The lowest BCUT2D eigenvalue weighted by molar-refractivity contribution is -0.323. The van der Waals surface area contributed by atoms with E-state index in [1.54, 1.807) is 0 Å². The summed E-state index contributed by atoms with van der Waals surface area (Å²) in [4.78, 5) is 10.8. The molecule has 0 amide bonds. The van der Waals surface area contributed by atoms with E-state index in [0.717, 1.165) is 23.6 Å². The molecule has 8 heteroatoms. The molecule has 1 aromatic carbocycles. The number of ketones is 1. The number of Topliss-reactive ketones (excluding diaryl/α,β-unsaturated/α-hetero) is 1. The van der Waals surface area contributed by atoms with E-state index >= 15 is 0 Å². The highest BCUT2D eigenvalue weighted by molar-refractivity contribution is 7.10. The van der Waals surface area contributed by atoms with Crippen molar-refractivity contribution in [2.45, 2.75) is 17.7 Å². The van der Waals surface area contributed by atoms with Gasteiger partial charge in [0.15, 0.2) is 0 Å². The van der Waals surface area contributed by atoms with Crippen LogP contribution in [0.15, 0.2) is 47.8 Å². The first-order chi connectivity index (χ1) is 10.1. The molecule has 118 valence electrons. The van der Waals surface area contributed by atoms with E-state index in [1.807, 2.05) is 0 Å². The van der Waals surface area contributed by atoms with Crippen molar-refractivity contribution in [2.75, 3.05) is 0 Å². The molecular formula is C14H9F5O2S. The van der Waals surface area contributed by atoms with Crippen LogP contribution in [-0.4, -0.2) is 23.0 Å². The van der Waals surface area contributed by atoms with Crippen molar-refractivity contribution in [1.29, 1.82) is 0 Å². The van der Waals surface area contributed by atoms with Crippen molar-refractivity contribution < 1.29 is 31.9 Å². The molecule has 1 N–H and O–H groups in total. The smallest absolute Gasteiger partial charge is 0.371 e. The Morgan fingerprint density at radius 3 is 2.00 bits per heavy atom. The van der Waals surface area contributed by atoms with Crippen LogP contribution in [0, 0.1) is 0 Å². The fourth-order valence-corrected chi connectivity index (χ4v) is 2.77. The average molecular weight is 336 g/mol. The second-order valence-corrected chi connectivity index (χ2v) is 5.40. The van der Waals surface area contributed by atoms with E-state index in [9.17, 15) is 31.9 Å². The van der Waals surface area contributed by atoms with E-state index in [4.69, 9.17) is 0 Å². The van der Waals surface area contributed by atoms with Crippen molar-refractivity contribution in [1.82, 2.24) is 0 Å². The number of carbonyl (C=O) groups is 1. The van der Waals surface area contributed by atoms with Crippen molar-refractivity contribution in [2.24, 2.45) is 0 Å². The molecule has 1 heterocycles. The second kappa shape index (κ2) is 5.44. The van der Waals surface area contributed by atoms with E-state index in [0.29, 0.717) is 17.4 Å². The number of thiophene rings is 1. The maximum atomic E-state index is 14.3. The number of carbonyl (C=O) groups excluding carboxylic acids is 1. The molecule has 0 fully saturated rings. The molecule has 1 unspecified atom stereocenters. The highest BCUT2D eigenvalue weighted by Gasteiger charge is 2.73. The molecule has 2 rings (SSSR count). The lowest BCUT2D eigenvalue weighted by atomic mass is 9.87. The summed E-state index contributed by atoms with van der Waals surface area (Å²) in [5, 5.41) is 10.9. The zero-order valence-corrected chi connectivity index (χ0v) is 11.6. The Morgan fingerprint density at radius 1 is 0.955 bits per heavy atom. The SMILES string of the molecule is O=C(c1ccccc1)C(F)(F)C(O)(c1cccs1)C(F)(F)F. The molecule has 2 nitrogen and oxygen atoms in total. The predicted molar refractivity (Wildman–Crippen MR) is 70.0 cm³/mol. The maximum absolute atomic E-state index is 14.3. The van der Waals surface area contributed by atoms with Gasteiger partial charge in [-0.15, -0.1) is 11.3 Å². The van der Waals surface area contributed by atoms with E-state index in [-0.39, 0.29) is 0 Å². The molecule has 0 saturated heterocycles. The Morgan fingerprint density at radius 2 is 1.55 bits per heavy atom. The summed E-state index contributed by atoms with van der Waals surface area (Å²) in [5.41, 5.74) is -5.20. The van der Waals surface area contributed by atoms with Gasteiger partial charge in [0.1, 0.15) is 0 Å². The van der Waals surface area contributed by atoms with Crippen LogP contribution in [0.2, 0.25) is 0 Å². The Hall–Kier alpha value is -1.80. The van der Waals surface area contributed by atoms with Gasteiger partial charge in [-0.2, -0.15) is 22.0 Å². The first-order valence-corrected chi connectivity index (χ1v) is 6.81. The van der Waals surface area contributed by atoms with Gasteiger partial charge in [0.25, 0.3) is 5.60 Å². The van der Waals surface area contributed by atoms with Crippen LogP contribution in [-0.2, 0) is 5.60 Å². The first kappa shape index (κ1) is 16.6. The number of alkyl halides is 5. The molecule has 0 aliphatic carbocycles. The number of hydrogen-bond donors (Lipinski definition) is 1. The predicted octanol–water partition coefficient (Wildman–Crippen LogP) is 4.02. The Balaban J connectivity index is 2.59. The van der Waals surface area contributed by atoms with Crippen LogP contribution in [0.25, 0.3) is 0 Å². The van der Waals surface area contributed by atoms with E-state index in [1.165, 1.54) is 18.2 Å². The maximum Gasteiger partial charge on any atom is 0.428 e. The van der Waals surface area contributed by atoms with Crippen LogP contribution < -0.4 is 0 Å². The molecule has 0 saturated carbocycles. The first-order valence-electron chi connectivity index (χ1n) is 5.93. The Bertz CT molecular complexity index is 652. The quantitative estimate of drug-likeness (QED) is 0.676. The summed E-state index contributed by atoms with van der Waals surface area (Å²) < 4.78 is 68.1. The summed E-state index contributed by atoms with van der Waals surface area (Å²) in [5.74, 6) is -7.17. The molecule has 0 spiro atoms. The van der Waals surface area contributed by atoms with Crippen molar-refractivity contribution in [3.63, 3.8) is 0 Å². The lowest BCUT2D eigenvalue weighted by Crippen LogP contribution is -2.59. The molecule has 0 aliphatic rings. The van der Waals surface area contributed by atoms with Gasteiger partial charge in [-0.25, -0.2) is 0 Å². The zero-order chi connectivity index (χ0) is 16.6. The van der Waals surface area contributed by atoms with Crippen molar-refractivity contribution in [3.05, 3.63) is 58.3 Å². The molecular weight excluding hydrogens is 327 g/mol. The van der Waals surface area contributed by atoms with Gasteiger partial charge >= 0.3 is 12.1 Å². The van der Waals surface area contributed by atoms with Gasteiger partial charge < -0.3 is 5.11 Å². The van der Waals surface area contributed by atoms with Crippen LogP contribution in [0.1, 0.15) is 15.2 Å². The fraction of sp³-hybridized carbons (Fsp3) is 0.214.